The molecule has 4 heteroatoms. The van der Waals surface area contributed by atoms with Gasteiger partial charge >= 0.3 is 11.9 Å². The maximum Gasteiger partial charge on any atom is 0.336 e. The van der Waals surface area contributed by atoms with Crippen molar-refractivity contribution in [3.8, 4) is 0 Å². The highest BCUT2D eigenvalue weighted by molar-refractivity contribution is 6.55. The van der Waals surface area contributed by atoms with Crippen LogP contribution in [0.15, 0.2) is 72.8 Å². The van der Waals surface area contributed by atoms with Crippen LogP contribution in [0.5, 0.6) is 0 Å². The van der Waals surface area contributed by atoms with Gasteiger partial charge in [-0.3, -0.25) is 0 Å². The van der Waals surface area contributed by atoms with Gasteiger partial charge in [0.25, 0.3) is 0 Å². The van der Waals surface area contributed by atoms with Gasteiger partial charge in [-0.15, -0.1) is 0 Å². The Balaban J connectivity index is 1.79. The summed E-state index contributed by atoms with van der Waals surface area (Å²) in [4.78, 5) is 25.7. The Bertz CT molecular complexity index is 2310. The second-order valence-corrected chi connectivity index (χ2v) is 10.6. The highest BCUT2D eigenvalue weighted by Gasteiger charge is 2.31. The Labute approximate surface area is 212 Å². The number of hydrogen-bond acceptors (Lipinski definition) is 2. The predicted molar refractivity (Wildman–Crippen MR) is 154 cm³/mol. The lowest BCUT2D eigenvalue weighted by Crippen LogP contribution is -2.06. The monoisotopic (exact) mass is 486 g/mol. The fourth-order valence-corrected chi connectivity index (χ4v) is 7.84. The molecule has 0 atom stereocenters. The van der Waals surface area contributed by atoms with Gasteiger partial charge in [0.2, 0.25) is 0 Å². The van der Waals surface area contributed by atoms with E-state index in [1.165, 1.54) is 0 Å². The van der Waals surface area contributed by atoms with Gasteiger partial charge in [0.15, 0.2) is 0 Å². The van der Waals surface area contributed by atoms with Gasteiger partial charge in [0, 0.05) is 0 Å². The van der Waals surface area contributed by atoms with E-state index >= 15 is 0 Å². The third-order valence-corrected chi connectivity index (χ3v) is 9.09. The van der Waals surface area contributed by atoms with Crippen LogP contribution < -0.4 is 0 Å². The zero-order valence-corrected chi connectivity index (χ0v) is 19.6. The molecule has 0 unspecified atom stereocenters. The van der Waals surface area contributed by atoms with Gasteiger partial charge in [0.05, 0.1) is 11.1 Å². The van der Waals surface area contributed by atoms with Crippen molar-refractivity contribution < 1.29 is 19.8 Å². The molecule has 0 saturated heterocycles. The highest BCUT2D eigenvalue weighted by atomic mass is 16.4. The standard InChI is InChI=1S/C34H14O4/c35-33(36)25-17-9-5-13-1-2-14-6-10-18-26(34(37)38)20-12-8-16-4-3-15-7-11-19(25)29-23(15)24(16)30(20)32-28(18)22(14)21(13)27(17)31(29)32/h1-12H,(H,35,36)(H,37,38). The minimum atomic E-state index is -0.941. The van der Waals surface area contributed by atoms with Crippen LogP contribution in [0.3, 0.4) is 0 Å². The molecule has 10 aromatic carbocycles. The average Bonchev–Trinajstić information content (AvgIpc) is 2.93. The van der Waals surface area contributed by atoms with Crippen molar-refractivity contribution in [2.75, 3.05) is 0 Å². The summed E-state index contributed by atoms with van der Waals surface area (Å²) in [6, 6.07) is 24.1. The van der Waals surface area contributed by atoms with Gasteiger partial charge in [0.1, 0.15) is 0 Å². The topological polar surface area (TPSA) is 74.6 Å². The molecule has 4 nitrogen and oxygen atoms in total. The van der Waals surface area contributed by atoms with Gasteiger partial charge in [-0.1, -0.05) is 72.8 Å². The molecule has 38 heavy (non-hydrogen) atoms. The minimum absolute atomic E-state index is 0.324. The zero-order chi connectivity index (χ0) is 25.2. The molecule has 0 saturated carbocycles. The van der Waals surface area contributed by atoms with Crippen LogP contribution in [0.4, 0.5) is 0 Å². The average molecular weight is 486 g/mol. The van der Waals surface area contributed by atoms with Crippen LogP contribution in [0.1, 0.15) is 20.7 Å². The molecule has 0 aromatic heterocycles. The quantitative estimate of drug-likeness (QED) is 0.189. The first-order valence-corrected chi connectivity index (χ1v) is 12.6. The summed E-state index contributed by atoms with van der Waals surface area (Å²) in [5.74, 6) is -1.88. The van der Waals surface area contributed by atoms with E-state index in [1.807, 2.05) is 48.5 Å². The zero-order valence-electron chi connectivity index (χ0n) is 19.6. The summed E-state index contributed by atoms with van der Waals surface area (Å²) in [6.07, 6.45) is 0. The fourth-order valence-electron chi connectivity index (χ4n) is 7.84. The Morgan fingerprint density at radius 1 is 0.342 bits per heavy atom. The van der Waals surface area contributed by atoms with E-state index in [2.05, 4.69) is 24.3 Å². The van der Waals surface area contributed by atoms with Crippen LogP contribution >= 0.6 is 0 Å². The predicted octanol–water partition coefficient (Wildman–Crippen LogP) is 8.65. The van der Waals surface area contributed by atoms with Crippen LogP contribution in [0.25, 0.3) is 97.0 Å². The van der Waals surface area contributed by atoms with Crippen molar-refractivity contribution >= 4 is 109 Å². The van der Waals surface area contributed by atoms with Gasteiger partial charge in [-0.05, 0) is 97.0 Å². The lowest BCUT2D eigenvalue weighted by molar-refractivity contribution is 0.0690. The van der Waals surface area contributed by atoms with E-state index in [4.69, 9.17) is 0 Å². The maximum absolute atomic E-state index is 12.9. The van der Waals surface area contributed by atoms with E-state index in [1.54, 1.807) is 0 Å². The molecular weight excluding hydrogens is 472 g/mol. The third kappa shape index (κ3) is 1.75. The van der Waals surface area contributed by atoms with Crippen molar-refractivity contribution in [1.29, 1.82) is 0 Å². The SMILES string of the molecule is O=C(O)c1c2ccc3ccc4ccc5c(C(=O)O)c6ccc7ccc8ccc1c1c8c7c6c6c5c4c3c2c16. The molecule has 0 aliphatic carbocycles. The highest BCUT2D eigenvalue weighted by Crippen LogP contribution is 2.56. The second kappa shape index (κ2) is 5.68. The molecule has 0 amide bonds. The largest absolute Gasteiger partial charge is 0.478 e. The van der Waals surface area contributed by atoms with Crippen molar-refractivity contribution in [2.45, 2.75) is 0 Å². The van der Waals surface area contributed by atoms with E-state index in [0.29, 0.717) is 11.1 Å². The molecule has 0 bridgehead atoms. The van der Waals surface area contributed by atoms with Gasteiger partial charge in [-0.25, -0.2) is 9.59 Å². The number of carbonyl (C=O) groups is 2. The third-order valence-electron chi connectivity index (χ3n) is 9.09. The van der Waals surface area contributed by atoms with E-state index < -0.39 is 11.9 Å². The Morgan fingerprint density at radius 2 is 0.579 bits per heavy atom. The molecular formula is C34H14O4. The molecule has 2 N–H and O–H groups in total. The Hall–Kier alpha value is -5.22. The summed E-state index contributed by atoms with van der Waals surface area (Å²) < 4.78 is 0. The van der Waals surface area contributed by atoms with E-state index in [0.717, 1.165) is 97.0 Å². The lowest BCUT2D eigenvalue weighted by Gasteiger charge is -2.27. The summed E-state index contributed by atoms with van der Waals surface area (Å²) in [5, 5.41) is 38.0. The number of carboxylic acid groups (broad SMARTS) is 2. The number of aromatic carboxylic acids is 2. The smallest absolute Gasteiger partial charge is 0.336 e. The summed E-state index contributed by atoms with van der Waals surface area (Å²) in [5.41, 5.74) is 0.648. The van der Waals surface area contributed by atoms with Crippen LogP contribution in [-0.4, -0.2) is 22.2 Å². The Morgan fingerprint density at radius 3 is 0.816 bits per heavy atom. The van der Waals surface area contributed by atoms with E-state index in [9.17, 15) is 19.8 Å². The summed E-state index contributed by atoms with van der Waals surface area (Å²) in [6.45, 7) is 0. The normalized spacial score (nSPS) is 13.2. The maximum atomic E-state index is 12.9. The molecule has 0 aliphatic heterocycles. The molecule has 10 aromatic rings. The van der Waals surface area contributed by atoms with E-state index in [-0.39, 0.29) is 0 Å². The fraction of sp³-hybridized carbons (Fsp3) is 0. The molecule has 0 fully saturated rings. The molecule has 0 radical (unpaired) electrons. The van der Waals surface area contributed by atoms with Crippen LogP contribution in [-0.2, 0) is 0 Å². The molecule has 10 rings (SSSR count). The Kier molecular flexibility index (Phi) is 2.84. The summed E-state index contributed by atoms with van der Waals surface area (Å²) >= 11 is 0. The number of benzene rings is 10. The first kappa shape index (κ1) is 19.0. The number of hydrogen-bond donors (Lipinski definition) is 2. The lowest BCUT2D eigenvalue weighted by atomic mass is 9.75. The second-order valence-electron chi connectivity index (χ2n) is 10.6. The van der Waals surface area contributed by atoms with Gasteiger partial charge < -0.3 is 10.2 Å². The van der Waals surface area contributed by atoms with Crippen molar-refractivity contribution in [3.63, 3.8) is 0 Å². The first-order chi connectivity index (χ1) is 18.5. The van der Waals surface area contributed by atoms with Crippen molar-refractivity contribution in [1.82, 2.24) is 0 Å². The van der Waals surface area contributed by atoms with Crippen molar-refractivity contribution in [2.24, 2.45) is 0 Å². The first-order valence-electron chi connectivity index (χ1n) is 12.6. The minimum Gasteiger partial charge on any atom is -0.478 e. The van der Waals surface area contributed by atoms with Crippen molar-refractivity contribution in [3.05, 3.63) is 83.9 Å². The van der Waals surface area contributed by atoms with Crippen LogP contribution in [0.2, 0.25) is 0 Å². The van der Waals surface area contributed by atoms with Gasteiger partial charge in [-0.2, -0.15) is 0 Å². The molecule has 0 spiro atoms. The number of carboxylic acids is 2. The summed E-state index contributed by atoms with van der Waals surface area (Å²) in [7, 11) is 0. The molecule has 0 aliphatic rings. The molecule has 174 valence electrons. The molecule has 0 heterocycles. The number of rotatable bonds is 2. The van der Waals surface area contributed by atoms with Crippen LogP contribution in [0, 0.1) is 0 Å².